The zero-order chi connectivity index (χ0) is 12.3. The molecule has 17 heavy (non-hydrogen) atoms. The predicted octanol–water partition coefficient (Wildman–Crippen LogP) is 1.28. The van der Waals surface area contributed by atoms with E-state index in [0.717, 1.165) is 25.9 Å². The zero-order valence-electron chi connectivity index (χ0n) is 9.45. The van der Waals surface area contributed by atoms with E-state index in [2.05, 4.69) is 15.3 Å². The van der Waals surface area contributed by atoms with Crippen LogP contribution in [0.15, 0.2) is 6.33 Å². The van der Waals surface area contributed by atoms with Crippen LogP contribution in [0.5, 0.6) is 0 Å². The molecule has 1 saturated heterocycles. The van der Waals surface area contributed by atoms with E-state index in [1.54, 1.807) is 0 Å². The van der Waals surface area contributed by atoms with Gasteiger partial charge in [-0.3, -0.25) is 4.79 Å². The van der Waals surface area contributed by atoms with Gasteiger partial charge in [0.05, 0.1) is 0 Å². The van der Waals surface area contributed by atoms with Crippen LogP contribution < -0.4 is 11.1 Å². The number of Topliss-reactive ketones (excluding diaryl/α,β-unsaturated/α-hetero) is 1. The number of halogens is 1. The van der Waals surface area contributed by atoms with Crippen LogP contribution in [0.25, 0.3) is 0 Å². The molecular formula is C11H15ClN4O. The van der Waals surface area contributed by atoms with E-state index in [1.165, 1.54) is 6.33 Å². The van der Waals surface area contributed by atoms with Gasteiger partial charge in [0, 0.05) is 6.42 Å². The average molecular weight is 255 g/mol. The van der Waals surface area contributed by atoms with Gasteiger partial charge < -0.3 is 11.1 Å². The van der Waals surface area contributed by atoms with Crippen molar-refractivity contribution >= 4 is 23.2 Å². The maximum Gasteiger partial charge on any atom is 0.183 e. The molecule has 0 radical (unpaired) electrons. The van der Waals surface area contributed by atoms with Crippen LogP contribution >= 0.6 is 11.6 Å². The van der Waals surface area contributed by atoms with E-state index < -0.39 is 0 Å². The molecule has 2 rings (SSSR count). The molecule has 1 aromatic heterocycles. The Balaban J connectivity index is 2.06. The summed E-state index contributed by atoms with van der Waals surface area (Å²) in [5, 5.41) is 3.44. The first-order chi connectivity index (χ1) is 8.18. The number of nitrogen functional groups attached to an aromatic ring is 1. The van der Waals surface area contributed by atoms with Gasteiger partial charge in [-0.15, -0.1) is 0 Å². The molecule has 0 bridgehead atoms. The van der Waals surface area contributed by atoms with Gasteiger partial charge in [-0.1, -0.05) is 11.6 Å². The van der Waals surface area contributed by atoms with Crippen molar-refractivity contribution in [3.05, 3.63) is 17.0 Å². The number of ketones is 1. The van der Waals surface area contributed by atoms with Gasteiger partial charge in [0.15, 0.2) is 5.78 Å². The van der Waals surface area contributed by atoms with Gasteiger partial charge >= 0.3 is 0 Å². The molecule has 0 aromatic carbocycles. The number of nitrogens with two attached hydrogens (primary N) is 1. The van der Waals surface area contributed by atoms with E-state index >= 15 is 0 Å². The summed E-state index contributed by atoms with van der Waals surface area (Å²) in [6, 6.07) is 0. The fourth-order valence-electron chi connectivity index (χ4n) is 2.03. The van der Waals surface area contributed by atoms with Gasteiger partial charge in [0.25, 0.3) is 0 Å². The molecule has 2 heterocycles. The van der Waals surface area contributed by atoms with E-state index in [-0.39, 0.29) is 22.3 Å². The van der Waals surface area contributed by atoms with Crippen molar-refractivity contribution in [1.29, 1.82) is 0 Å². The lowest BCUT2D eigenvalue weighted by Gasteiger charge is -2.21. The Morgan fingerprint density at radius 2 is 2.41 bits per heavy atom. The Bertz CT molecular complexity index is 418. The van der Waals surface area contributed by atoms with Crippen LogP contribution in [0.2, 0.25) is 5.02 Å². The molecule has 3 N–H and O–H groups in total. The van der Waals surface area contributed by atoms with E-state index in [9.17, 15) is 4.79 Å². The molecular weight excluding hydrogens is 240 g/mol. The van der Waals surface area contributed by atoms with Gasteiger partial charge in [0.2, 0.25) is 0 Å². The fraction of sp³-hybridized carbons (Fsp3) is 0.545. The van der Waals surface area contributed by atoms with E-state index in [4.69, 9.17) is 17.3 Å². The van der Waals surface area contributed by atoms with Crippen molar-refractivity contribution in [1.82, 2.24) is 15.3 Å². The Hall–Kier alpha value is -1.20. The molecule has 0 spiro atoms. The zero-order valence-corrected chi connectivity index (χ0v) is 10.2. The molecule has 6 heteroatoms. The number of hydrogen-bond acceptors (Lipinski definition) is 5. The summed E-state index contributed by atoms with van der Waals surface area (Å²) in [5.41, 5.74) is 5.78. The summed E-state index contributed by atoms with van der Waals surface area (Å²) >= 11 is 5.92. The number of nitrogens with zero attached hydrogens (tertiary/aromatic N) is 2. The van der Waals surface area contributed by atoms with Crippen LogP contribution in [0.1, 0.15) is 29.8 Å². The van der Waals surface area contributed by atoms with E-state index in [1.807, 2.05) is 0 Å². The molecule has 5 nitrogen and oxygen atoms in total. The van der Waals surface area contributed by atoms with Crippen LogP contribution in [0, 0.1) is 5.92 Å². The first-order valence-electron chi connectivity index (χ1n) is 5.68. The summed E-state index contributed by atoms with van der Waals surface area (Å²) in [6.07, 6.45) is 3.91. The molecule has 1 atom stereocenters. The predicted molar refractivity (Wildman–Crippen MR) is 66.0 cm³/mol. The first-order valence-corrected chi connectivity index (χ1v) is 6.06. The number of piperidine rings is 1. The SMILES string of the molecule is Nc1ncnc(C(=O)CC2CCCNC2)c1Cl. The summed E-state index contributed by atoms with van der Waals surface area (Å²) in [7, 11) is 0. The monoisotopic (exact) mass is 254 g/mol. The lowest BCUT2D eigenvalue weighted by molar-refractivity contribution is 0.0949. The molecule has 0 amide bonds. The normalized spacial score (nSPS) is 20.2. The van der Waals surface area contributed by atoms with Crippen molar-refractivity contribution in [2.24, 2.45) is 5.92 Å². The molecule has 1 aliphatic heterocycles. The summed E-state index contributed by atoms with van der Waals surface area (Å²) in [4.78, 5) is 19.7. The summed E-state index contributed by atoms with van der Waals surface area (Å²) < 4.78 is 0. The fourth-order valence-corrected chi connectivity index (χ4v) is 2.24. The third-order valence-corrected chi connectivity index (χ3v) is 3.33. The van der Waals surface area contributed by atoms with Crippen LogP contribution in [-0.4, -0.2) is 28.8 Å². The highest BCUT2D eigenvalue weighted by Crippen LogP contribution is 2.23. The first kappa shape index (κ1) is 12.3. The standard InChI is InChI=1S/C11H15ClN4O/c12-9-10(15-6-16-11(9)13)8(17)4-7-2-1-3-14-5-7/h6-7,14H,1-5H2,(H2,13,15,16). The van der Waals surface area contributed by atoms with Crippen molar-refractivity contribution in [2.45, 2.75) is 19.3 Å². The topological polar surface area (TPSA) is 80.9 Å². The number of aromatic nitrogens is 2. The smallest absolute Gasteiger partial charge is 0.183 e. The highest BCUT2D eigenvalue weighted by Gasteiger charge is 2.21. The van der Waals surface area contributed by atoms with Crippen LogP contribution in [-0.2, 0) is 0 Å². The molecule has 0 saturated carbocycles. The number of rotatable bonds is 3. The minimum Gasteiger partial charge on any atom is -0.382 e. The van der Waals surface area contributed by atoms with Crippen molar-refractivity contribution in [3.8, 4) is 0 Å². The maximum absolute atomic E-state index is 12.0. The van der Waals surface area contributed by atoms with Gasteiger partial charge in [-0.05, 0) is 31.8 Å². The molecule has 0 aliphatic carbocycles. The molecule has 1 unspecified atom stereocenters. The Kier molecular flexibility index (Phi) is 3.91. The Labute approximate surface area is 105 Å². The second-order valence-corrected chi connectivity index (χ2v) is 4.64. The number of hydrogen-bond donors (Lipinski definition) is 2. The maximum atomic E-state index is 12.0. The molecule has 1 aliphatic rings. The average Bonchev–Trinajstić information content (AvgIpc) is 2.34. The Morgan fingerprint density at radius 3 is 3.12 bits per heavy atom. The second kappa shape index (κ2) is 5.42. The summed E-state index contributed by atoms with van der Waals surface area (Å²) in [6.45, 7) is 1.91. The molecule has 92 valence electrons. The number of nitrogens with one attached hydrogen (secondary N) is 1. The van der Waals surface area contributed by atoms with Crippen molar-refractivity contribution in [3.63, 3.8) is 0 Å². The minimum atomic E-state index is -0.0576. The van der Waals surface area contributed by atoms with Gasteiger partial charge in [0.1, 0.15) is 22.9 Å². The third kappa shape index (κ3) is 2.92. The van der Waals surface area contributed by atoms with Gasteiger partial charge in [-0.2, -0.15) is 0 Å². The van der Waals surface area contributed by atoms with Gasteiger partial charge in [-0.25, -0.2) is 9.97 Å². The number of carbonyl (C=O) groups excluding carboxylic acids is 1. The Morgan fingerprint density at radius 1 is 1.59 bits per heavy atom. The minimum absolute atomic E-state index is 0.0576. The van der Waals surface area contributed by atoms with Crippen molar-refractivity contribution in [2.75, 3.05) is 18.8 Å². The largest absolute Gasteiger partial charge is 0.382 e. The quantitative estimate of drug-likeness (QED) is 0.795. The highest BCUT2D eigenvalue weighted by atomic mass is 35.5. The highest BCUT2D eigenvalue weighted by molar-refractivity contribution is 6.35. The van der Waals surface area contributed by atoms with Crippen LogP contribution in [0.3, 0.4) is 0 Å². The second-order valence-electron chi connectivity index (χ2n) is 4.26. The molecule has 1 aromatic rings. The lowest BCUT2D eigenvalue weighted by Crippen LogP contribution is -2.31. The summed E-state index contributed by atoms with van der Waals surface area (Å²) in [5.74, 6) is 0.466. The number of anilines is 1. The lowest BCUT2D eigenvalue weighted by atomic mass is 9.93. The number of carbonyl (C=O) groups is 1. The third-order valence-electron chi connectivity index (χ3n) is 2.95. The van der Waals surface area contributed by atoms with Crippen LogP contribution in [0.4, 0.5) is 5.82 Å². The van der Waals surface area contributed by atoms with E-state index in [0.29, 0.717) is 12.3 Å². The molecule has 1 fully saturated rings. The van der Waals surface area contributed by atoms with Crippen molar-refractivity contribution < 1.29 is 4.79 Å².